The van der Waals surface area contributed by atoms with Gasteiger partial charge in [-0.1, -0.05) is 42.0 Å². The number of sulfonamides is 1. The first-order valence-corrected chi connectivity index (χ1v) is 10.7. The second-order valence-corrected chi connectivity index (χ2v) is 8.49. The number of rotatable bonds is 7. The average molecular weight is 440 g/mol. The number of para-hydroxylation sites is 1. The normalized spacial score (nSPS) is 11.0. The molecule has 0 radical (unpaired) electrons. The number of nitrogens with one attached hydrogen (secondary N) is 2. The molecule has 0 saturated heterocycles. The van der Waals surface area contributed by atoms with Gasteiger partial charge < -0.3 is 15.5 Å². The number of carboxylic acids is 1. The Morgan fingerprint density at radius 1 is 0.935 bits per heavy atom. The van der Waals surface area contributed by atoms with E-state index in [2.05, 4.69) is 10.0 Å². The summed E-state index contributed by atoms with van der Waals surface area (Å²) in [4.78, 5) is 23.5. The van der Waals surface area contributed by atoms with Gasteiger partial charge in [-0.25, -0.2) is 13.2 Å². The van der Waals surface area contributed by atoms with Crippen LogP contribution >= 0.6 is 0 Å². The van der Waals surface area contributed by atoms with Crippen molar-refractivity contribution in [2.45, 2.75) is 18.4 Å². The van der Waals surface area contributed by atoms with Crippen LogP contribution in [0.1, 0.15) is 31.8 Å². The third-order valence-corrected chi connectivity index (χ3v) is 5.86. The minimum Gasteiger partial charge on any atom is -0.507 e. The molecule has 0 aliphatic carbocycles. The van der Waals surface area contributed by atoms with Crippen LogP contribution in [0.3, 0.4) is 0 Å². The van der Waals surface area contributed by atoms with Gasteiger partial charge in [-0.05, 0) is 42.8 Å². The van der Waals surface area contributed by atoms with E-state index in [4.69, 9.17) is 5.11 Å². The first-order chi connectivity index (χ1) is 14.7. The predicted molar refractivity (Wildman–Crippen MR) is 115 cm³/mol. The lowest BCUT2D eigenvalue weighted by Crippen LogP contribution is -2.25. The topological polar surface area (TPSA) is 133 Å². The van der Waals surface area contributed by atoms with E-state index in [0.717, 1.165) is 29.3 Å². The first-order valence-electron chi connectivity index (χ1n) is 9.19. The second-order valence-electron chi connectivity index (χ2n) is 6.80. The van der Waals surface area contributed by atoms with Crippen molar-refractivity contribution in [1.29, 1.82) is 0 Å². The SMILES string of the molecule is Cc1ccc(CNC(=O)c2ccccc2NS(=O)(=O)c2ccc(O)c(C(=O)O)c2)cc1. The van der Waals surface area contributed by atoms with E-state index in [1.165, 1.54) is 12.1 Å². The van der Waals surface area contributed by atoms with Gasteiger partial charge in [0.2, 0.25) is 0 Å². The highest BCUT2D eigenvalue weighted by Crippen LogP contribution is 2.24. The minimum atomic E-state index is -4.22. The Kier molecular flexibility index (Phi) is 6.26. The fourth-order valence-electron chi connectivity index (χ4n) is 2.81. The number of aromatic carboxylic acids is 1. The standard InChI is InChI=1S/C22H20N2O6S/c1-14-6-8-15(9-7-14)13-23-21(26)17-4-2-3-5-19(17)24-31(29,30)16-10-11-20(25)18(12-16)22(27)28/h2-12,24-25H,13H2,1H3,(H,23,26)(H,27,28). The molecular weight excluding hydrogens is 420 g/mol. The van der Waals surface area contributed by atoms with Gasteiger partial charge in [0.25, 0.3) is 15.9 Å². The van der Waals surface area contributed by atoms with Crippen LogP contribution in [0.5, 0.6) is 5.75 Å². The minimum absolute atomic E-state index is 0.0360. The third-order valence-electron chi connectivity index (χ3n) is 4.50. The van der Waals surface area contributed by atoms with E-state index in [1.54, 1.807) is 12.1 Å². The second kappa shape index (κ2) is 8.88. The monoisotopic (exact) mass is 440 g/mol. The largest absolute Gasteiger partial charge is 0.507 e. The van der Waals surface area contributed by atoms with Crippen molar-refractivity contribution in [3.05, 3.63) is 89.0 Å². The van der Waals surface area contributed by atoms with Crippen molar-refractivity contribution in [3.63, 3.8) is 0 Å². The van der Waals surface area contributed by atoms with Crippen LogP contribution in [-0.4, -0.2) is 30.5 Å². The molecule has 3 rings (SSSR count). The van der Waals surface area contributed by atoms with Crippen LogP contribution in [0.2, 0.25) is 0 Å². The lowest BCUT2D eigenvalue weighted by Gasteiger charge is -2.13. The van der Waals surface area contributed by atoms with Crippen LogP contribution in [0.25, 0.3) is 0 Å². The summed E-state index contributed by atoms with van der Waals surface area (Å²) in [6.07, 6.45) is 0. The maximum atomic E-state index is 12.8. The number of carbonyl (C=O) groups is 2. The van der Waals surface area contributed by atoms with Gasteiger partial charge in [-0.15, -0.1) is 0 Å². The molecule has 0 spiro atoms. The quantitative estimate of drug-likeness (QED) is 0.446. The summed E-state index contributed by atoms with van der Waals surface area (Å²) in [7, 11) is -4.22. The smallest absolute Gasteiger partial charge is 0.339 e. The molecule has 31 heavy (non-hydrogen) atoms. The number of benzene rings is 3. The molecule has 0 unspecified atom stereocenters. The van der Waals surface area contributed by atoms with Gasteiger partial charge in [-0.3, -0.25) is 9.52 Å². The molecule has 4 N–H and O–H groups in total. The lowest BCUT2D eigenvalue weighted by molar-refractivity contribution is 0.0693. The van der Waals surface area contributed by atoms with Crippen LogP contribution in [0.4, 0.5) is 5.69 Å². The maximum Gasteiger partial charge on any atom is 0.339 e. The Labute approximate surface area is 179 Å². The zero-order valence-electron chi connectivity index (χ0n) is 16.5. The number of amides is 1. The van der Waals surface area contributed by atoms with E-state index in [-0.39, 0.29) is 22.7 Å². The molecule has 0 aliphatic heterocycles. The summed E-state index contributed by atoms with van der Waals surface area (Å²) in [6, 6.07) is 16.6. The van der Waals surface area contributed by atoms with Crippen molar-refractivity contribution in [3.8, 4) is 5.75 Å². The predicted octanol–water partition coefficient (Wildman–Crippen LogP) is 3.13. The molecule has 0 atom stereocenters. The van der Waals surface area contributed by atoms with Crippen molar-refractivity contribution in [2.75, 3.05) is 4.72 Å². The van der Waals surface area contributed by atoms with E-state index >= 15 is 0 Å². The molecule has 0 heterocycles. The zero-order valence-corrected chi connectivity index (χ0v) is 17.3. The molecule has 0 bridgehead atoms. The van der Waals surface area contributed by atoms with Crippen molar-refractivity contribution in [1.82, 2.24) is 5.32 Å². The molecule has 0 aliphatic rings. The molecule has 3 aromatic rings. The molecule has 8 nitrogen and oxygen atoms in total. The average Bonchev–Trinajstić information content (AvgIpc) is 2.73. The summed E-state index contributed by atoms with van der Waals surface area (Å²) in [5.74, 6) is -2.50. The van der Waals surface area contributed by atoms with Crippen LogP contribution in [-0.2, 0) is 16.6 Å². The van der Waals surface area contributed by atoms with Crippen molar-refractivity contribution in [2.24, 2.45) is 0 Å². The third kappa shape index (κ3) is 5.20. The van der Waals surface area contributed by atoms with E-state index in [0.29, 0.717) is 0 Å². The Bertz CT molecular complexity index is 1240. The number of aromatic hydroxyl groups is 1. The molecular formula is C22H20N2O6S. The van der Waals surface area contributed by atoms with E-state index in [1.807, 2.05) is 31.2 Å². The van der Waals surface area contributed by atoms with Gasteiger partial charge >= 0.3 is 5.97 Å². The lowest BCUT2D eigenvalue weighted by atomic mass is 10.1. The highest BCUT2D eigenvalue weighted by atomic mass is 32.2. The maximum absolute atomic E-state index is 12.8. The summed E-state index contributed by atoms with van der Waals surface area (Å²) < 4.78 is 27.8. The number of hydrogen-bond donors (Lipinski definition) is 4. The summed E-state index contributed by atoms with van der Waals surface area (Å²) in [5.41, 5.74) is 1.58. The van der Waals surface area contributed by atoms with Crippen LogP contribution < -0.4 is 10.0 Å². The number of anilines is 1. The highest BCUT2D eigenvalue weighted by Gasteiger charge is 2.21. The molecule has 160 valence electrons. The molecule has 1 amide bonds. The number of carbonyl (C=O) groups excluding carboxylic acids is 1. The Hall–Kier alpha value is -3.85. The molecule has 0 saturated carbocycles. The summed E-state index contributed by atoms with van der Waals surface area (Å²) in [5, 5.41) is 21.4. The van der Waals surface area contributed by atoms with Crippen LogP contribution in [0.15, 0.2) is 71.6 Å². The van der Waals surface area contributed by atoms with E-state index < -0.39 is 33.2 Å². The molecule has 3 aromatic carbocycles. The fraction of sp³-hybridized carbons (Fsp3) is 0.0909. The van der Waals surface area contributed by atoms with Crippen molar-refractivity contribution < 1.29 is 28.2 Å². The Morgan fingerprint density at radius 2 is 1.61 bits per heavy atom. The number of carboxylic acid groups (broad SMARTS) is 1. The van der Waals surface area contributed by atoms with Gasteiger partial charge in [0.05, 0.1) is 16.1 Å². The summed E-state index contributed by atoms with van der Waals surface area (Å²) in [6.45, 7) is 2.22. The van der Waals surface area contributed by atoms with Gasteiger partial charge in [0.15, 0.2) is 0 Å². The number of phenols is 1. The zero-order chi connectivity index (χ0) is 22.6. The van der Waals surface area contributed by atoms with Crippen molar-refractivity contribution >= 4 is 27.6 Å². The fourth-order valence-corrected chi connectivity index (χ4v) is 3.92. The van der Waals surface area contributed by atoms with E-state index in [9.17, 15) is 23.1 Å². The summed E-state index contributed by atoms with van der Waals surface area (Å²) >= 11 is 0. The number of aryl methyl sites for hydroxylation is 1. The molecule has 9 heteroatoms. The number of hydrogen-bond acceptors (Lipinski definition) is 5. The molecule has 0 fully saturated rings. The van der Waals surface area contributed by atoms with Crippen LogP contribution in [0, 0.1) is 6.92 Å². The Balaban J connectivity index is 1.82. The van der Waals surface area contributed by atoms with Gasteiger partial charge in [-0.2, -0.15) is 0 Å². The molecule has 0 aromatic heterocycles. The van der Waals surface area contributed by atoms with Gasteiger partial charge in [0, 0.05) is 6.54 Å². The van der Waals surface area contributed by atoms with Gasteiger partial charge in [0.1, 0.15) is 11.3 Å². The Morgan fingerprint density at radius 3 is 2.29 bits per heavy atom. The first kappa shape index (κ1) is 21.8. The highest BCUT2D eigenvalue weighted by molar-refractivity contribution is 7.92.